The van der Waals surface area contributed by atoms with Crippen molar-refractivity contribution in [2.24, 2.45) is 0 Å². The number of thiophene rings is 1. The molecule has 3 rings (SSSR count). The first kappa shape index (κ1) is 15.1. The molecule has 22 heavy (non-hydrogen) atoms. The van der Waals surface area contributed by atoms with Crippen molar-refractivity contribution in [3.05, 3.63) is 46.1 Å². The molecule has 0 fully saturated rings. The molecule has 0 aliphatic heterocycles. The number of hydrogen-bond acceptors (Lipinski definition) is 5. The molecule has 0 aliphatic carbocycles. The maximum atomic E-state index is 6.16. The van der Waals surface area contributed by atoms with Gasteiger partial charge in [0.25, 0.3) is 0 Å². The maximum Gasteiger partial charge on any atom is 0.138 e. The van der Waals surface area contributed by atoms with Gasteiger partial charge in [-0.05, 0) is 29.1 Å². The minimum absolute atomic E-state index is 0.611. The van der Waals surface area contributed by atoms with Crippen molar-refractivity contribution in [3.63, 3.8) is 0 Å². The predicted octanol–water partition coefficient (Wildman–Crippen LogP) is 4.53. The Hall–Kier alpha value is -1.85. The number of nitrogens with zero attached hydrogens (tertiary/aromatic N) is 2. The second-order valence-electron chi connectivity index (χ2n) is 4.80. The van der Waals surface area contributed by atoms with Gasteiger partial charge in [-0.3, -0.25) is 0 Å². The zero-order valence-corrected chi connectivity index (χ0v) is 14.0. The molecule has 0 radical (unpaired) electrons. The zero-order valence-electron chi connectivity index (χ0n) is 12.4. The first-order valence-corrected chi connectivity index (χ1v) is 8.27. The highest BCUT2D eigenvalue weighted by molar-refractivity contribution is 7.16. The number of fused-ring (bicyclic) bond motifs is 1. The molecule has 0 saturated carbocycles. The van der Waals surface area contributed by atoms with Crippen LogP contribution in [0.15, 0.2) is 29.6 Å². The maximum absolute atomic E-state index is 6.16. The van der Waals surface area contributed by atoms with Crippen LogP contribution in [0, 0.1) is 0 Å². The molecule has 0 amide bonds. The molecule has 6 heteroatoms. The summed E-state index contributed by atoms with van der Waals surface area (Å²) in [5, 5.41) is 7.09. The Labute approximate surface area is 138 Å². The summed E-state index contributed by atoms with van der Waals surface area (Å²) < 4.78 is 5.17. The highest BCUT2D eigenvalue weighted by Gasteiger charge is 2.08. The van der Waals surface area contributed by atoms with Crippen molar-refractivity contribution in [2.45, 2.75) is 19.9 Å². The van der Waals surface area contributed by atoms with E-state index in [1.165, 1.54) is 0 Å². The summed E-state index contributed by atoms with van der Waals surface area (Å²) in [7, 11) is 1.61. The van der Waals surface area contributed by atoms with Gasteiger partial charge in [0, 0.05) is 13.0 Å². The molecule has 0 spiro atoms. The fourth-order valence-electron chi connectivity index (χ4n) is 2.20. The minimum Gasteiger partial charge on any atom is -0.495 e. The molecular weight excluding hydrogens is 318 g/mol. The number of anilines is 1. The average molecular weight is 334 g/mol. The Morgan fingerprint density at radius 2 is 2.14 bits per heavy atom. The third-order valence-electron chi connectivity index (χ3n) is 3.36. The number of methoxy groups -OCH3 is 1. The van der Waals surface area contributed by atoms with Crippen LogP contribution >= 0.6 is 22.9 Å². The number of ether oxygens (including phenoxy) is 1. The lowest BCUT2D eigenvalue weighted by atomic mass is 10.2. The van der Waals surface area contributed by atoms with E-state index in [-0.39, 0.29) is 0 Å². The number of nitrogens with one attached hydrogen (secondary N) is 1. The number of rotatable bonds is 5. The van der Waals surface area contributed by atoms with E-state index in [0.717, 1.165) is 33.8 Å². The Morgan fingerprint density at radius 1 is 1.27 bits per heavy atom. The van der Waals surface area contributed by atoms with E-state index in [0.29, 0.717) is 17.3 Å². The molecule has 2 aromatic heterocycles. The largest absolute Gasteiger partial charge is 0.495 e. The zero-order chi connectivity index (χ0) is 15.5. The van der Waals surface area contributed by atoms with Gasteiger partial charge in [-0.1, -0.05) is 24.6 Å². The van der Waals surface area contributed by atoms with Gasteiger partial charge in [-0.15, -0.1) is 11.3 Å². The normalized spacial score (nSPS) is 10.9. The van der Waals surface area contributed by atoms with Crippen LogP contribution in [0.3, 0.4) is 0 Å². The summed E-state index contributed by atoms with van der Waals surface area (Å²) in [4.78, 5) is 10.1. The predicted molar refractivity (Wildman–Crippen MR) is 92.1 cm³/mol. The van der Waals surface area contributed by atoms with E-state index >= 15 is 0 Å². The summed E-state index contributed by atoms with van der Waals surface area (Å²) in [5.74, 6) is 2.40. The molecule has 0 atom stereocenters. The highest BCUT2D eigenvalue weighted by Crippen LogP contribution is 2.27. The molecular formula is C16H16ClN3OS. The van der Waals surface area contributed by atoms with E-state index < -0.39 is 0 Å². The Balaban J connectivity index is 1.84. The molecule has 0 saturated heterocycles. The minimum atomic E-state index is 0.611. The highest BCUT2D eigenvalue weighted by atomic mass is 35.5. The molecule has 4 nitrogen and oxygen atoms in total. The van der Waals surface area contributed by atoms with Crippen LogP contribution in [-0.4, -0.2) is 17.1 Å². The van der Waals surface area contributed by atoms with Crippen molar-refractivity contribution in [3.8, 4) is 5.75 Å². The summed E-state index contributed by atoms with van der Waals surface area (Å²) in [5.41, 5.74) is 1.07. The van der Waals surface area contributed by atoms with Crippen LogP contribution in [0.4, 0.5) is 5.82 Å². The van der Waals surface area contributed by atoms with Gasteiger partial charge in [0.1, 0.15) is 22.2 Å². The van der Waals surface area contributed by atoms with Crippen molar-refractivity contribution in [2.75, 3.05) is 12.4 Å². The Morgan fingerprint density at radius 3 is 2.86 bits per heavy atom. The van der Waals surface area contributed by atoms with Crippen LogP contribution in [0.25, 0.3) is 10.2 Å². The van der Waals surface area contributed by atoms with Crippen molar-refractivity contribution < 1.29 is 4.74 Å². The third kappa shape index (κ3) is 3.00. The van der Waals surface area contributed by atoms with E-state index in [9.17, 15) is 0 Å². The topological polar surface area (TPSA) is 47.0 Å². The number of aromatic nitrogens is 2. The van der Waals surface area contributed by atoms with Gasteiger partial charge in [-0.25, -0.2) is 9.97 Å². The fraction of sp³-hybridized carbons (Fsp3) is 0.250. The van der Waals surface area contributed by atoms with Gasteiger partial charge in [0.2, 0.25) is 0 Å². The Bertz CT molecular complexity index is 803. The number of benzene rings is 1. The van der Waals surface area contributed by atoms with Crippen molar-refractivity contribution in [1.29, 1.82) is 0 Å². The lowest BCUT2D eigenvalue weighted by Crippen LogP contribution is -2.04. The van der Waals surface area contributed by atoms with Gasteiger partial charge >= 0.3 is 0 Å². The quantitative estimate of drug-likeness (QED) is 0.745. The van der Waals surface area contributed by atoms with E-state index in [4.69, 9.17) is 16.3 Å². The SMILES string of the molecule is CCc1nc(NCc2ccc(OC)c(Cl)c2)c2ccsc2n1. The smallest absolute Gasteiger partial charge is 0.138 e. The monoisotopic (exact) mass is 333 g/mol. The van der Waals surface area contributed by atoms with Crippen LogP contribution < -0.4 is 10.1 Å². The van der Waals surface area contributed by atoms with Gasteiger partial charge in [-0.2, -0.15) is 0 Å². The Kier molecular flexibility index (Phi) is 4.45. The molecule has 3 aromatic rings. The van der Waals surface area contributed by atoms with Gasteiger partial charge in [0.05, 0.1) is 17.5 Å². The van der Waals surface area contributed by atoms with E-state index in [2.05, 4.69) is 22.2 Å². The number of hydrogen-bond donors (Lipinski definition) is 1. The second kappa shape index (κ2) is 6.50. The summed E-state index contributed by atoms with van der Waals surface area (Å²) in [6.45, 7) is 2.70. The summed E-state index contributed by atoms with van der Waals surface area (Å²) >= 11 is 7.79. The molecule has 0 bridgehead atoms. The van der Waals surface area contributed by atoms with Crippen LogP contribution in [0.5, 0.6) is 5.75 Å². The average Bonchev–Trinajstić information content (AvgIpc) is 3.01. The van der Waals surface area contributed by atoms with Crippen LogP contribution in [0.1, 0.15) is 18.3 Å². The van der Waals surface area contributed by atoms with Crippen LogP contribution in [-0.2, 0) is 13.0 Å². The molecule has 0 aliphatic rings. The van der Waals surface area contributed by atoms with Gasteiger partial charge in [0.15, 0.2) is 0 Å². The molecule has 114 valence electrons. The van der Waals surface area contributed by atoms with Crippen molar-refractivity contribution in [1.82, 2.24) is 9.97 Å². The fourth-order valence-corrected chi connectivity index (χ4v) is 3.26. The van der Waals surface area contributed by atoms with Crippen LogP contribution in [0.2, 0.25) is 5.02 Å². The van der Waals surface area contributed by atoms with E-state index in [1.807, 2.05) is 29.6 Å². The van der Waals surface area contributed by atoms with E-state index in [1.54, 1.807) is 18.4 Å². The molecule has 1 N–H and O–H groups in total. The van der Waals surface area contributed by atoms with Gasteiger partial charge < -0.3 is 10.1 Å². The number of aryl methyl sites for hydroxylation is 1. The molecule has 1 aromatic carbocycles. The lowest BCUT2D eigenvalue weighted by molar-refractivity contribution is 0.415. The second-order valence-corrected chi connectivity index (χ2v) is 6.11. The molecule has 2 heterocycles. The summed E-state index contributed by atoms with van der Waals surface area (Å²) in [6, 6.07) is 7.81. The standard InChI is InChI=1S/C16H16ClN3OS/c1-3-14-19-15(11-6-7-22-16(11)20-14)18-9-10-4-5-13(21-2)12(17)8-10/h4-8H,3,9H2,1-2H3,(H,18,19,20). The first-order valence-electron chi connectivity index (χ1n) is 7.01. The molecule has 0 unspecified atom stereocenters. The summed E-state index contributed by atoms with van der Waals surface area (Å²) in [6.07, 6.45) is 0.816. The third-order valence-corrected chi connectivity index (χ3v) is 4.47. The lowest BCUT2D eigenvalue weighted by Gasteiger charge is -2.10. The number of halogens is 1. The van der Waals surface area contributed by atoms with Crippen molar-refractivity contribution >= 4 is 39.0 Å². The first-order chi connectivity index (χ1) is 10.7.